The van der Waals surface area contributed by atoms with Gasteiger partial charge in [0.25, 0.3) is 11.6 Å². The van der Waals surface area contributed by atoms with E-state index in [1.165, 1.54) is 23.1 Å². The van der Waals surface area contributed by atoms with E-state index in [4.69, 9.17) is 16.0 Å². The molecule has 0 radical (unpaired) electrons. The summed E-state index contributed by atoms with van der Waals surface area (Å²) >= 11 is 9.28. The highest BCUT2D eigenvalue weighted by molar-refractivity contribution is 9.10. The summed E-state index contributed by atoms with van der Waals surface area (Å²) in [5.74, 6) is 0.0997. The van der Waals surface area contributed by atoms with E-state index in [9.17, 15) is 14.9 Å². The minimum Gasteiger partial charge on any atom is -0.419 e. The van der Waals surface area contributed by atoms with Gasteiger partial charge in [0.05, 0.1) is 26.5 Å². The number of nitro groups is 1. The number of hydrogen-bond donors (Lipinski definition) is 0. The van der Waals surface area contributed by atoms with Crippen molar-refractivity contribution in [1.82, 2.24) is 15.1 Å². The molecule has 0 saturated carbocycles. The zero-order valence-corrected chi connectivity index (χ0v) is 17.8. The maximum Gasteiger partial charge on any atom is 0.284 e. The molecule has 29 heavy (non-hydrogen) atoms. The maximum atomic E-state index is 13.0. The van der Waals surface area contributed by atoms with Gasteiger partial charge in [0.1, 0.15) is 0 Å². The number of benzene rings is 2. The summed E-state index contributed by atoms with van der Waals surface area (Å²) in [4.78, 5) is 25.1. The van der Waals surface area contributed by atoms with Crippen LogP contribution in [0.15, 0.2) is 51.4 Å². The Balaban J connectivity index is 1.86. The molecule has 0 unspecified atom stereocenters. The summed E-state index contributed by atoms with van der Waals surface area (Å²) in [5.41, 5.74) is 0.608. The number of rotatable bonds is 6. The zero-order chi connectivity index (χ0) is 21.1. The topological polar surface area (TPSA) is 102 Å². The molecule has 1 amide bonds. The number of carbonyl (C=O) groups is 1. The van der Waals surface area contributed by atoms with Gasteiger partial charge in [-0.15, -0.1) is 10.2 Å². The van der Waals surface area contributed by atoms with E-state index in [0.717, 1.165) is 0 Å². The van der Waals surface area contributed by atoms with Crippen LogP contribution in [0.5, 0.6) is 0 Å². The highest BCUT2D eigenvalue weighted by Gasteiger charge is 2.24. The first-order valence-electron chi connectivity index (χ1n) is 8.60. The van der Waals surface area contributed by atoms with Crippen LogP contribution in [0.25, 0.3) is 11.5 Å². The van der Waals surface area contributed by atoms with Gasteiger partial charge in [-0.05, 0) is 54.0 Å². The normalized spacial score (nSPS) is 10.9. The number of amides is 1. The Kier molecular flexibility index (Phi) is 6.29. The van der Waals surface area contributed by atoms with Gasteiger partial charge in [-0.2, -0.15) is 0 Å². The zero-order valence-electron chi connectivity index (χ0n) is 15.5. The Bertz CT molecular complexity index is 1070. The van der Waals surface area contributed by atoms with Gasteiger partial charge in [-0.25, -0.2) is 0 Å². The monoisotopic (exact) mass is 478 g/mol. The maximum absolute atomic E-state index is 13.0. The average molecular weight is 480 g/mol. The van der Waals surface area contributed by atoms with E-state index in [1.807, 2.05) is 13.8 Å². The minimum atomic E-state index is -0.547. The lowest BCUT2D eigenvalue weighted by atomic mass is 10.1. The van der Waals surface area contributed by atoms with Crippen molar-refractivity contribution in [2.45, 2.75) is 26.4 Å². The third-order valence-electron chi connectivity index (χ3n) is 4.15. The first kappa shape index (κ1) is 20.9. The molecule has 10 heteroatoms. The van der Waals surface area contributed by atoms with Gasteiger partial charge in [-0.1, -0.05) is 23.7 Å². The van der Waals surface area contributed by atoms with Gasteiger partial charge >= 0.3 is 0 Å². The third kappa shape index (κ3) is 4.63. The largest absolute Gasteiger partial charge is 0.419 e. The molecular formula is C19H16BrClN4O4. The van der Waals surface area contributed by atoms with Crippen molar-refractivity contribution >= 4 is 39.1 Å². The number of carbonyl (C=O) groups excluding carboxylic acids is 1. The summed E-state index contributed by atoms with van der Waals surface area (Å²) in [6, 6.07) is 11.1. The van der Waals surface area contributed by atoms with Crippen LogP contribution in [0.3, 0.4) is 0 Å². The van der Waals surface area contributed by atoms with Crippen LogP contribution >= 0.6 is 27.5 Å². The van der Waals surface area contributed by atoms with Gasteiger partial charge in [0.2, 0.25) is 11.8 Å². The number of halogens is 2. The molecule has 150 valence electrons. The van der Waals surface area contributed by atoms with Crippen LogP contribution < -0.4 is 0 Å². The van der Waals surface area contributed by atoms with Crippen LogP contribution in [0.2, 0.25) is 5.02 Å². The molecule has 3 rings (SSSR count). The third-order valence-corrected chi connectivity index (χ3v) is 5.15. The standard InChI is InChI=1S/C19H16BrClN4O4/c1-11(2)24(19(26)12-7-8-14(20)16(9-12)25(27)28)10-17-22-23-18(29-17)13-5-3-4-6-15(13)21/h3-9,11H,10H2,1-2H3. The van der Waals surface area contributed by atoms with Crippen molar-refractivity contribution in [2.24, 2.45) is 0 Å². The molecule has 1 heterocycles. The molecule has 1 aromatic heterocycles. The van der Waals surface area contributed by atoms with Crippen LogP contribution in [0.1, 0.15) is 30.1 Å². The Labute approximate surface area is 179 Å². The fraction of sp³-hybridized carbons (Fsp3) is 0.211. The lowest BCUT2D eigenvalue weighted by Crippen LogP contribution is -2.36. The fourth-order valence-electron chi connectivity index (χ4n) is 2.65. The minimum absolute atomic E-state index is 0.0534. The van der Waals surface area contributed by atoms with Crippen molar-refractivity contribution in [3.8, 4) is 11.5 Å². The molecule has 0 aliphatic heterocycles. The molecule has 2 aromatic carbocycles. The smallest absolute Gasteiger partial charge is 0.284 e. The van der Waals surface area contributed by atoms with Gasteiger partial charge in [-0.3, -0.25) is 14.9 Å². The highest BCUT2D eigenvalue weighted by atomic mass is 79.9. The summed E-state index contributed by atoms with van der Waals surface area (Å²) in [5, 5.41) is 19.6. The van der Waals surface area contributed by atoms with E-state index in [-0.39, 0.29) is 41.5 Å². The van der Waals surface area contributed by atoms with Crippen LogP contribution in [0, 0.1) is 10.1 Å². The van der Waals surface area contributed by atoms with Crippen molar-refractivity contribution in [1.29, 1.82) is 0 Å². The van der Waals surface area contributed by atoms with Gasteiger partial charge < -0.3 is 9.32 Å². The lowest BCUT2D eigenvalue weighted by Gasteiger charge is -2.25. The number of nitrogens with zero attached hydrogens (tertiary/aromatic N) is 4. The van der Waals surface area contributed by atoms with Crippen molar-refractivity contribution in [3.63, 3.8) is 0 Å². The van der Waals surface area contributed by atoms with Crippen molar-refractivity contribution in [3.05, 3.63) is 73.5 Å². The second-order valence-electron chi connectivity index (χ2n) is 6.43. The highest BCUT2D eigenvalue weighted by Crippen LogP contribution is 2.28. The van der Waals surface area contributed by atoms with E-state index in [0.29, 0.717) is 15.1 Å². The Morgan fingerprint density at radius 2 is 2.00 bits per heavy atom. The Morgan fingerprint density at radius 3 is 2.66 bits per heavy atom. The van der Waals surface area contributed by atoms with Gasteiger partial charge in [0.15, 0.2) is 0 Å². The van der Waals surface area contributed by atoms with Crippen molar-refractivity contribution in [2.75, 3.05) is 0 Å². The average Bonchev–Trinajstić information content (AvgIpc) is 3.14. The Morgan fingerprint density at radius 1 is 1.28 bits per heavy atom. The molecule has 0 fully saturated rings. The second-order valence-corrected chi connectivity index (χ2v) is 7.69. The molecule has 0 aliphatic carbocycles. The van der Waals surface area contributed by atoms with E-state index >= 15 is 0 Å². The summed E-state index contributed by atoms with van der Waals surface area (Å²) in [6.45, 7) is 3.71. The SMILES string of the molecule is CC(C)N(Cc1nnc(-c2ccccc2Cl)o1)C(=O)c1ccc(Br)c([N+](=O)[O-])c1. The predicted octanol–water partition coefficient (Wildman–Crippen LogP) is 5.11. The van der Waals surface area contributed by atoms with Crippen LogP contribution in [-0.4, -0.2) is 32.0 Å². The number of aromatic nitrogens is 2. The number of hydrogen-bond acceptors (Lipinski definition) is 6. The first-order valence-corrected chi connectivity index (χ1v) is 9.77. The van der Waals surface area contributed by atoms with E-state index in [2.05, 4.69) is 26.1 Å². The summed E-state index contributed by atoms with van der Waals surface area (Å²) < 4.78 is 5.98. The molecular weight excluding hydrogens is 464 g/mol. The molecule has 0 atom stereocenters. The lowest BCUT2D eigenvalue weighted by molar-refractivity contribution is -0.385. The Hall–Kier alpha value is -2.78. The van der Waals surface area contributed by atoms with Crippen molar-refractivity contribution < 1.29 is 14.1 Å². The molecule has 3 aromatic rings. The quantitative estimate of drug-likeness (QED) is 0.359. The molecule has 8 nitrogen and oxygen atoms in total. The molecule has 0 bridgehead atoms. The predicted molar refractivity (Wildman–Crippen MR) is 111 cm³/mol. The van der Waals surface area contributed by atoms with Gasteiger partial charge in [0, 0.05) is 17.7 Å². The van der Waals surface area contributed by atoms with E-state index < -0.39 is 4.92 Å². The van der Waals surface area contributed by atoms with E-state index in [1.54, 1.807) is 24.3 Å². The van der Waals surface area contributed by atoms with Crippen LogP contribution in [-0.2, 0) is 6.54 Å². The molecule has 0 saturated heterocycles. The molecule has 0 N–H and O–H groups in total. The first-order chi connectivity index (χ1) is 13.8. The molecule has 0 spiro atoms. The van der Waals surface area contributed by atoms with Crippen LogP contribution in [0.4, 0.5) is 5.69 Å². The summed E-state index contributed by atoms with van der Waals surface area (Å²) in [6.07, 6.45) is 0. The fourth-order valence-corrected chi connectivity index (χ4v) is 3.26. The second kappa shape index (κ2) is 8.71. The molecule has 0 aliphatic rings. The summed E-state index contributed by atoms with van der Waals surface area (Å²) in [7, 11) is 0. The number of nitro benzene ring substituents is 1.